The van der Waals surface area contributed by atoms with Crippen LogP contribution in [0.5, 0.6) is 0 Å². The van der Waals surface area contributed by atoms with Gasteiger partial charge < -0.3 is 19.1 Å². The predicted octanol–water partition coefficient (Wildman–Crippen LogP) is 7.48. The van der Waals surface area contributed by atoms with Crippen LogP contribution in [-0.4, -0.2) is 59.0 Å². The first-order valence-corrected chi connectivity index (χ1v) is 16.3. The number of rotatable bonds is 15. The van der Waals surface area contributed by atoms with Crippen molar-refractivity contribution >= 4 is 27.7 Å². The zero-order chi connectivity index (χ0) is 29.7. The molecule has 0 saturated heterocycles. The van der Waals surface area contributed by atoms with Gasteiger partial charge in [-0.25, -0.2) is 0 Å². The standard InChI is InChI=1S/C35H46BrN3O3/c1-3-4-6-10-28-14-18-30(19-15-28)35(41)38(23-24-42-2)27-34(40)39(32-11-7-5-8-12-32)26-33-13-9-22-37(33)25-29-16-20-31(36)21-17-29/h9,13-22,32H,3-8,10-12,23-27H2,1-2H3. The zero-order valence-electron chi connectivity index (χ0n) is 25.3. The lowest BCUT2D eigenvalue weighted by Gasteiger charge is -2.36. The van der Waals surface area contributed by atoms with Crippen molar-refractivity contribution in [3.05, 3.63) is 93.7 Å². The van der Waals surface area contributed by atoms with Crippen LogP contribution in [0.25, 0.3) is 0 Å². The summed E-state index contributed by atoms with van der Waals surface area (Å²) in [6.07, 6.45) is 12.1. The summed E-state index contributed by atoms with van der Waals surface area (Å²) < 4.78 is 8.61. The SMILES string of the molecule is CCCCCc1ccc(C(=O)N(CCOC)CC(=O)N(Cc2cccn2Cc2ccc(Br)cc2)C2CCCCC2)cc1. The molecule has 2 aromatic carbocycles. The lowest BCUT2D eigenvalue weighted by Crippen LogP contribution is -2.48. The highest BCUT2D eigenvalue weighted by Gasteiger charge is 2.29. The van der Waals surface area contributed by atoms with E-state index in [0.717, 1.165) is 55.2 Å². The molecular weight excluding hydrogens is 590 g/mol. The van der Waals surface area contributed by atoms with E-state index in [1.54, 1.807) is 12.0 Å². The molecule has 3 aromatic rings. The number of methoxy groups -OCH3 is 1. The normalized spacial score (nSPS) is 13.7. The highest BCUT2D eigenvalue weighted by Crippen LogP contribution is 2.25. The molecule has 7 heteroatoms. The Bertz CT molecular complexity index is 1250. The average Bonchev–Trinajstić information content (AvgIpc) is 3.46. The number of aryl methyl sites for hydroxylation is 1. The van der Waals surface area contributed by atoms with Gasteiger partial charge >= 0.3 is 0 Å². The van der Waals surface area contributed by atoms with Crippen LogP contribution >= 0.6 is 15.9 Å². The third-order valence-electron chi connectivity index (χ3n) is 8.31. The molecule has 1 heterocycles. The summed E-state index contributed by atoms with van der Waals surface area (Å²) in [7, 11) is 1.63. The maximum atomic E-state index is 14.1. The number of hydrogen-bond donors (Lipinski definition) is 0. The first-order valence-electron chi connectivity index (χ1n) is 15.5. The topological polar surface area (TPSA) is 54.8 Å². The number of carbonyl (C=O) groups is 2. The molecule has 226 valence electrons. The van der Waals surface area contributed by atoms with Crippen molar-refractivity contribution in [2.75, 3.05) is 26.8 Å². The minimum absolute atomic E-state index is 0.000990. The monoisotopic (exact) mass is 635 g/mol. The van der Waals surface area contributed by atoms with E-state index in [-0.39, 0.29) is 24.4 Å². The minimum Gasteiger partial charge on any atom is -0.383 e. The predicted molar refractivity (Wildman–Crippen MR) is 173 cm³/mol. The summed E-state index contributed by atoms with van der Waals surface area (Å²) in [4.78, 5) is 31.4. The second-order valence-corrected chi connectivity index (χ2v) is 12.4. The number of halogens is 1. The van der Waals surface area contributed by atoms with Gasteiger partial charge in [-0.3, -0.25) is 9.59 Å². The highest BCUT2D eigenvalue weighted by molar-refractivity contribution is 9.10. The Labute approximate surface area is 260 Å². The fourth-order valence-corrected chi connectivity index (χ4v) is 6.07. The van der Waals surface area contributed by atoms with Crippen molar-refractivity contribution in [2.24, 2.45) is 0 Å². The Morgan fingerprint density at radius 3 is 2.36 bits per heavy atom. The number of carbonyl (C=O) groups excluding carboxylic acids is 2. The molecule has 1 aliphatic rings. The second kappa shape index (κ2) is 16.7. The number of amides is 2. The van der Waals surface area contributed by atoms with E-state index in [9.17, 15) is 9.59 Å². The first-order chi connectivity index (χ1) is 20.5. The molecule has 0 N–H and O–H groups in total. The van der Waals surface area contributed by atoms with Crippen molar-refractivity contribution in [2.45, 2.75) is 83.8 Å². The van der Waals surface area contributed by atoms with Gasteiger partial charge in [0.25, 0.3) is 5.91 Å². The third-order valence-corrected chi connectivity index (χ3v) is 8.84. The Morgan fingerprint density at radius 1 is 0.952 bits per heavy atom. The molecule has 0 unspecified atom stereocenters. The maximum Gasteiger partial charge on any atom is 0.254 e. The fraction of sp³-hybridized carbons (Fsp3) is 0.486. The Balaban J connectivity index is 1.50. The van der Waals surface area contributed by atoms with Gasteiger partial charge in [-0.05, 0) is 73.2 Å². The van der Waals surface area contributed by atoms with Gasteiger partial charge in [0.05, 0.1) is 13.2 Å². The molecule has 0 bridgehead atoms. The minimum atomic E-state index is -0.122. The Morgan fingerprint density at radius 2 is 1.67 bits per heavy atom. The molecule has 4 rings (SSSR count). The first kappa shape index (κ1) is 32.0. The van der Waals surface area contributed by atoms with Crippen molar-refractivity contribution in [1.29, 1.82) is 0 Å². The van der Waals surface area contributed by atoms with Crippen molar-refractivity contribution in [1.82, 2.24) is 14.4 Å². The highest BCUT2D eigenvalue weighted by atomic mass is 79.9. The molecule has 0 atom stereocenters. The van der Waals surface area contributed by atoms with Gasteiger partial charge in [0.1, 0.15) is 6.54 Å². The van der Waals surface area contributed by atoms with Crippen molar-refractivity contribution < 1.29 is 14.3 Å². The average molecular weight is 637 g/mol. The van der Waals surface area contributed by atoms with Crippen LogP contribution in [0.2, 0.25) is 0 Å². The van der Waals surface area contributed by atoms with E-state index < -0.39 is 0 Å². The zero-order valence-corrected chi connectivity index (χ0v) is 26.9. The molecule has 1 aromatic heterocycles. The summed E-state index contributed by atoms with van der Waals surface area (Å²) >= 11 is 3.52. The van der Waals surface area contributed by atoms with Crippen molar-refractivity contribution in [3.63, 3.8) is 0 Å². The van der Waals surface area contributed by atoms with Gasteiger partial charge in [0.15, 0.2) is 0 Å². The quantitative estimate of drug-likeness (QED) is 0.163. The fourth-order valence-electron chi connectivity index (χ4n) is 5.81. The number of nitrogens with zero attached hydrogens (tertiary/aromatic N) is 3. The van der Waals surface area contributed by atoms with Crippen LogP contribution in [0.4, 0.5) is 0 Å². The van der Waals surface area contributed by atoms with E-state index >= 15 is 0 Å². The molecular formula is C35H46BrN3O3. The smallest absolute Gasteiger partial charge is 0.254 e. The largest absolute Gasteiger partial charge is 0.383 e. The van der Waals surface area contributed by atoms with Gasteiger partial charge in [-0.1, -0.05) is 79.2 Å². The van der Waals surface area contributed by atoms with Crippen LogP contribution in [0.1, 0.15) is 85.5 Å². The van der Waals surface area contributed by atoms with Crippen molar-refractivity contribution in [3.8, 4) is 0 Å². The van der Waals surface area contributed by atoms with E-state index in [1.807, 2.05) is 29.2 Å². The lowest BCUT2D eigenvalue weighted by atomic mass is 9.94. The van der Waals surface area contributed by atoms with Crippen LogP contribution in [0.3, 0.4) is 0 Å². The molecule has 1 aliphatic carbocycles. The van der Waals surface area contributed by atoms with E-state index in [4.69, 9.17) is 4.74 Å². The van der Waals surface area contributed by atoms with Crippen LogP contribution in [0, 0.1) is 0 Å². The van der Waals surface area contributed by atoms with Crippen LogP contribution in [-0.2, 0) is 29.0 Å². The maximum absolute atomic E-state index is 14.1. The van der Waals surface area contributed by atoms with E-state index in [1.165, 1.54) is 30.4 Å². The van der Waals surface area contributed by atoms with Gasteiger partial charge in [-0.15, -0.1) is 0 Å². The van der Waals surface area contributed by atoms with Gasteiger partial charge in [0.2, 0.25) is 5.91 Å². The summed E-state index contributed by atoms with van der Waals surface area (Å²) in [5, 5.41) is 0. The summed E-state index contributed by atoms with van der Waals surface area (Å²) in [6, 6.07) is 20.6. The summed E-state index contributed by atoms with van der Waals surface area (Å²) in [5.41, 5.74) is 4.17. The Hall–Kier alpha value is -2.90. The molecule has 42 heavy (non-hydrogen) atoms. The number of benzene rings is 2. The number of aromatic nitrogens is 1. The molecule has 1 saturated carbocycles. The molecule has 2 amide bonds. The van der Waals surface area contributed by atoms with Crippen LogP contribution in [0.15, 0.2) is 71.3 Å². The van der Waals surface area contributed by atoms with E-state index in [2.05, 4.69) is 70.0 Å². The Kier molecular flexibility index (Phi) is 12.7. The molecule has 1 fully saturated rings. The summed E-state index contributed by atoms with van der Waals surface area (Å²) in [6.45, 7) is 4.28. The molecule has 0 aliphatic heterocycles. The number of hydrogen-bond acceptors (Lipinski definition) is 3. The van der Waals surface area contributed by atoms with Crippen LogP contribution < -0.4 is 0 Å². The molecule has 6 nitrogen and oxygen atoms in total. The molecule has 0 spiro atoms. The third kappa shape index (κ3) is 9.30. The second-order valence-electron chi connectivity index (χ2n) is 11.4. The number of ether oxygens (including phenoxy) is 1. The van der Waals surface area contributed by atoms with Gasteiger partial charge in [-0.2, -0.15) is 0 Å². The molecule has 0 radical (unpaired) electrons. The summed E-state index contributed by atoms with van der Waals surface area (Å²) in [5.74, 6) is -0.123. The lowest BCUT2D eigenvalue weighted by molar-refractivity contribution is -0.136. The van der Waals surface area contributed by atoms with Gasteiger partial charge in [0, 0.05) is 48.2 Å². The number of unbranched alkanes of at least 4 members (excludes halogenated alkanes) is 2. The van der Waals surface area contributed by atoms with E-state index in [0.29, 0.717) is 25.3 Å².